The predicted molar refractivity (Wildman–Crippen MR) is 59.2 cm³/mol. The van der Waals surface area contributed by atoms with E-state index in [0.717, 1.165) is 5.82 Å². The maximum atomic E-state index is 11.5. The highest BCUT2D eigenvalue weighted by molar-refractivity contribution is 5.80. The second-order valence-electron chi connectivity index (χ2n) is 3.52. The highest BCUT2D eigenvalue weighted by atomic mass is 16.5. The molecule has 0 saturated carbocycles. The summed E-state index contributed by atoms with van der Waals surface area (Å²) in [5.41, 5.74) is 0. The van der Waals surface area contributed by atoms with Crippen molar-refractivity contribution in [1.29, 1.82) is 0 Å². The number of hydrogen-bond donors (Lipinski definition) is 0. The number of aryl methyl sites for hydroxylation is 1. The van der Waals surface area contributed by atoms with Gasteiger partial charge in [0.2, 0.25) is 0 Å². The summed E-state index contributed by atoms with van der Waals surface area (Å²) in [6, 6.07) is 0. The quantitative estimate of drug-likeness (QED) is 0.609. The minimum absolute atomic E-state index is 0.145. The molecule has 90 valence electrons. The fourth-order valence-electron chi connectivity index (χ4n) is 1.26. The van der Waals surface area contributed by atoms with Crippen molar-refractivity contribution in [2.75, 3.05) is 26.9 Å². The summed E-state index contributed by atoms with van der Waals surface area (Å²) >= 11 is 0. The van der Waals surface area contributed by atoms with Crippen LogP contribution in [0.4, 0.5) is 0 Å². The number of hydrogen-bond acceptors (Lipinski definition) is 4. The van der Waals surface area contributed by atoms with E-state index in [1.165, 1.54) is 0 Å². The highest BCUT2D eigenvalue weighted by Gasteiger charge is 2.07. The van der Waals surface area contributed by atoms with E-state index < -0.39 is 0 Å². The molecule has 0 aliphatic rings. The third-order valence-electron chi connectivity index (χ3n) is 2.23. The van der Waals surface area contributed by atoms with Crippen LogP contribution in [0.1, 0.15) is 12.2 Å². The molecule has 5 heteroatoms. The number of methoxy groups -OCH3 is 1. The smallest absolute Gasteiger partial charge is 0.142 e. The minimum atomic E-state index is 0.145. The van der Waals surface area contributed by atoms with Gasteiger partial charge in [-0.25, -0.2) is 4.98 Å². The third-order valence-corrected chi connectivity index (χ3v) is 2.23. The lowest BCUT2D eigenvalue weighted by atomic mass is 10.2. The number of nitrogens with zero attached hydrogens (tertiary/aromatic N) is 2. The first-order valence-corrected chi connectivity index (χ1v) is 5.28. The van der Waals surface area contributed by atoms with Crippen molar-refractivity contribution >= 4 is 5.78 Å². The number of carbonyl (C=O) groups is 1. The van der Waals surface area contributed by atoms with Crippen molar-refractivity contribution in [1.82, 2.24) is 9.55 Å². The zero-order valence-corrected chi connectivity index (χ0v) is 9.81. The van der Waals surface area contributed by atoms with E-state index in [0.29, 0.717) is 32.7 Å². The van der Waals surface area contributed by atoms with Gasteiger partial charge in [0.05, 0.1) is 26.2 Å². The number of aromatic nitrogens is 2. The Morgan fingerprint density at radius 1 is 1.44 bits per heavy atom. The van der Waals surface area contributed by atoms with Crippen molar-refractivity contribution in [3.8, 4) is 0 Å². The highest BCUT2D eigenvalue weighted by Crippen LogP contribution is 1.98. The van der Waals surface area contributed by atoms with Gasteiger partial charge in [-0.05, 0) is 0 Å². The van der Waals surface area contributed by atoms with Crippen LogP contribution in [-0.4, -0.2) is 42.3 Å². The van der Waals surface area contributed by atoms with E-state index in [4.69, 9.17) is 9.47 Å². The Bertz CT molecular complexity index is 323. The van der Waals surface area contributed by atoms with Crippen LogP contribution < -0.4 is 0 Å². The standard InChI is InChI=1S/C11H18N2O3/c1-13-5-4-12-11(13)9-10(14)3-6-16-8-7-15-2/h4-5H,3,6-9H2,1-2H3. The van der Waals surface area contributed by atoms with Gasteiger partial charge in [0.25, 0.3) is 0 Å². The average Bonchev–Trinajstić information content (AvgIpc) is 2.64. The van der Waals surface area contributed by atoms with Crippen LogP contribution in [0.25, 0.3) is 0 Å². The van der Waals surface area contributed by atoms with Crippen molar-refractivity contribution in [3.05, 3.63) is 18.2 Å². The SMILES string of the molecule is COCCOCCC(=O)Cc1nccn1C. The topological polar surface area (TPSA) is 53.4 Å². The summed E-state index contributed by atoms with van der Waals surface area (Å²) in [6.07, 6.45) is 4.32. The molecule has 16 heavy (non-hydrogen) atoms. The molecule has 0 unspecified atom stereocenters. The van der Waals surface area contributed by atoms with Gasteiger partial charge >= 0.3 is 0 Å². The molecule has 1 heterocycles. The van der Waals surface area contributed by atoms with E-state index in [-0.39, 0.29) is 5.78 Å². The lowest BCUT2D eigenvalue weighted by Gasteiger charge is -2.03. The zero-order chi connectivity index (χ0) is 11.8. The first-order chi connectivity index (χ1) is 7.74. The molecule has 0 aromatic carbocycles. The maximum absolute atomic E-state index is 11.5. The van der Waals surface area contributed by atoms with Gasteiger partial charge < -0.3 is 14.0 Å². The monoisotopic (exact) mass is 226 g/mol. The van der Waals surface area contributed by atoms with Crippen LogP contribution in [0.2, 0.25) is 0 Å². The molecule has 1 aromatic rings. The average molecular weight is 226 g/mol. The molecular weight excluding hydrogens is 208 g/mol. The van der Waals surface area contributed by atoms with Gasteiger partial charge in [0, 0.05) is 33.0 Å². The number of ether oxygens (including phenoxy) is 2. The molecule has 0 N–H and O–H groups in total. The van der Waals surface area contributed by atoms with Crippen molar-refractivity contribution < 1.29 is 14.3 Å². The van der Waals surface area contributed by atoms with Crippen molar-refractivity contribution in [2.24, 2.45) is 7.05 Å². The first kappa shape index (κ1) is 12.9. The number of carbonyl (C=O) groups excluding carboxylic acids is 1. The van der Waals surface area contributed by atoms with E-state index >= 15 is 0 Å². The van der Waals surface area contributed by atoms with Gasteiger partial charge in [-0.3, -0.25) is 4.79 Å². The molecule has 0 aliphatic heterocycles. The van der Waals surface area contributed by atoms with E-state index in [1.54, 1.807) is 13.3 Å². The molecule has 0 spiro atoms. The Balaban J connectivity index is 2.14. The Kier molecular flexibility index (Phi) is 5.74. The predicted octanol–water partition coefficient (Wildman–Crippen LogP) is 0.585. The Morgan fingerprint density at radius 3 is 2.88 bits per heavy atom. The second-order valence-corrected chi connectivity index (χ2v) is 3.52. The van der Waals surface area contributed by atoms with Gasteiger partial charge in [0.1, 0.15) is 11.6 Å². The molecule has 1 rings (SSSR count). The molecule has 0 saturated heterocycles. The number of ketones is 1. The second kappa shape index (κ2) is 7.14. The van der Waals surface area contributed by atoms with Crippen LogP contribution in [0.3, 0.4) is 0 Å². The maximum Gasteiger partial charge on any atom is 0.142 e. The molecule has 0 amide bonds. The molecule has 0 radical (unpaired) electrons. The van der Waals surface area contributed by atoms with Crippen LogP contribution in [-0.2, 0) is 27.7 Å². The van der Waals surface area contributed by atoms with Crippen LogP contribution in [0, 0.1) is 0 Å². The van der Waals surface area contributed by atoms with Crippen LogP contribution >= 0.6 is 0 Å². The van der Waals surface area contributed by atoms with E-state index in [1.807, 2.05) is 17.8 Å². The summed E-state index contributed by atoms with van der Waals surface area (Å²) in [7, 11) is 3.50. The van der Waals surface area contributed by atoms with Gasteiger partial charge in [-0.15, -0.1) is 0 Å². The summed E-state index contributed by atoms with van der Waals surface area (Å²) < 4.78 is 11.9. The van der Waals surface area contributed by atoms with Crippen molar-refractivity contribution in [3.63, 3.8) is 0 Å². The van der Waals surface area contributed by atoms with E-state index in [9.17, 15) is 4.79 Å². The number of imidazole rings is 1. The molecule has 0 aliphatic carbocycles. The van der Waals surface area contributed by atoms with Gasteiger partial charge in [-0.2, -0.15) is 0 Å². The number of rotatable bonds is 8. The summed E-state index contributed by atoms with van der Waals surface area (Å²) in [4.78, 5) is 15.6. The van der Waals surface area contributed by atoms with E-state index in [2.05, 4.69) is 4.98 Å². The first-order valence-electron chi connectivity index (χ1n) is 5.28. The van der Waals surface area contributed by atoms with Crippen LogP contribution in [0.5, 0.6) is 0 Å². The summed E-state index contributed by atoms with van der Waals surface area (Å²) in [6.45, 7) is 1.55. The normalized spacial score (nSPS) is 10.6. The molecule has 0 bridgehead atoms. The summed E-state index contributed by atoms with van der Waals surface area (Å²) in [5, 5.41) is 0. The molecular formula is C11H18N2O3. The minimum Gasteiger partial charge on any atom is -0.382 e. The lowest BCUT2D eigenvalue weighted by Crippen LogP contribution is -2.11. The van der Waals surface area contributed by atoms with Crippen LogP contribution in [0.15, 0.2) is 12.4 Å². The van der Waals surface area contributed by atoms with Gasteiger partial charge in [0.15, 0.2) is 0 Å². The fourth-order valence-corrected chi connectivity index (χ4v) is 1.26. The van der Waals surface area contributed by atoms with Crippen molar-refractivity contribution in [2.45, 2.75) is 12.8 Å². The Hall–Kier alpha value is -1.20. The third kappa shape index (κ3) is 4.55. The largest absolute Gasteiger partial charge is 0.382 e. The van der Waals surface area contributed by atoms with Gasteiger partial charge in [-0.1, -0.05) is 0 Å². The fraction of sp³-hybridized carbons (Fsp3) is 0.636. The zero-order valence-electron chi connectivity index (χ0n) is 9.81. The Morgan fingerprint density at radius 2 is 2.25 bits per heavy atom. The summed E-state index contributed by atoms with van der Waals surface area (Å²) in [5.74, 6) is 0.939. The molecule has 5 nitrogen and oxygen atoms in total. The molecule has 0 fully saturated rings. The molecule has 0 atom stereocenters. The Labute approximate surface area is 95.4 Å². The molecule has 1 aromatic heterocycles. The lowest BCUT2D eigenvalue weighted by molar-refractivity contribution is -0.119. The number of Topliss-reactive ketones (excluding diaryl/α,β-unsaturated/α-hetero) is 1.